The van der Waals surface area contributed by atoms with E-state index in [2.05, 4.69) is 10.3 Å². The number of rotatable bonds is 7. The topological polar surface area (TPSA) is 42.0 Å². The van der Waals surface area contributed by atoms with Gasteiger partial charge in [0.1, 0.15) is 0 Å². The van der Waals surface area contributed by atoms with E-state index in [1.807, 2.05) is 35.2 Å². The average Bonchev–Trinajstić information content (AvgIpc) is 2.94. The lowest BCUT2D eigenvalue weighted by Gasteiger charge is -2.04. The molecule has 3 nitrogen and oxygen atoms in total. The first-order chi connectivity index (χ1) is 9.74. The summed E-state index contributed by atoms with van der Waals surface area (Å²) >= 11 is 7.40. The van der Waals surface area contributed by atoms with E-state index >= 15 is 0 Å². The van der Waals surface area contributed by atoms with E-state index in [-0.39, 0.29) is 5.91 Å². The zero-order valence-electron chi connectivity index (χ0n) is 11.1. The number of halogens is 1. The molecule has 0 fully saturated rings. The van der Waals surface area contributed by atoms with Gasteiger partial charge in [-0.3, -0.25) is 4.79 Å². The minimum atomic E-state index is 0.106. The number of nitrogens with one attached hydrogen (secondary N) is 1. The summed E-state index contributed by atoms with van der Waals surface area (Å²) in [7, 11) is 0. The van der Waals surface area contributed by atoms with Crippen LogP contribution >= 0.6 is 22.9 Å². The highest BCUT2D eigenvalue weighted by atomic mass is 35.5. The van der Waals surface area contributed by atoms with Gasteiger partial charge in [0.2, 0.25) is 5.91 Å². The zero-order chi connectivity index (χ0) is 14.2. The number of hydrogen-bond donors (Lipinski definition) is 1. The van der Waals surface area contributed by atoms with Crippen LogP contribution in [-0.2, 0) is 17.6 Å². The van der Waals surface area contributed by atoms with Crippen molar-refractivity contribution in [2.24, 2.45) is 0 Å². The molecule has 1 aromatic carbocycles. The number of benzene rings is 1. The maximum absolute atomic E-state index is 11.7. The second-order valence-corrected chi connectivity index (χ2v) is 5.71. The molecule has 0 aliphatic rings. The quantitative estimate of drug-likeness (QED) is 0.851. The van der Waals surface area contributed by atoms with Crippen LogP contribution in [0.5, 0.6) is 0 Å². The molecule has 1 aromatic heterocycles. The van der Waals surface area contributed by atoms with Gasteiger partial charge in [0, 0.05) is 29.8 Å². The molecule has 2 rings (SSSR count). The fourth-order valence-corrected chi connectivity index (χ4v) is 2.60. The fourth-order valence-electron chi connectivity index (χ4n) is 1.88. The summed E-state index contributed by atoms with van der Waals surface area (Å²) in [6.45, 7) is 0.656. The first-order valence-corrected chi connectivity index (χ1v) is 7.94. The van der Waals surface area contributed by atoms with Gasteiger partial charge in [-0.1, -0.05) is 23.7 Å². The molecule has 0 bridgehead atoms. The van der Waals surface area contributed by atoms with E-state index in [1.165, 1.54) is 5.56 Å². The number of aryl methyl sites for hydroxylation is 1. The van der Waals surface area contributed by atoms with Crippen molar-refractivity contribution < 1.29 is 4.79 Å². The second kappa shape index (κ2) is 8.02. The summed E-state index contributed by atoms with van der Waals surface area (Å²) in [6, 6.07) is 7.76. The van der Waals surface area contributed by atoms with Crippen LogP contribution < -0.4 is 5.32 Å². The van der Waals surface area contributed by atoms with Gasteiger partial charge in [0.25, 0.3) is 0 Å². The Morgan fingerprint density at radius 2 is 2.05 bits per heavy atom. The van der Waals surface area contributed by atoms with Crippen LogP contribution in [0.25, 0.3) is 0 Å². The van der Waals surface area contributed by atoms with Crippen molar-refractivity contribution in [1.29, 1.82) is 0 Å². The first kappa shape index (κ1) is 15.0. The molecule has 0 saturated carbocycles. The fraction of sp³-hybridized carbons (Fsp3) is 0.333. The predicted octanol–water partition coefficient (Wildman–Crippen LogP) is 3.48. The van der Waals surface area contributed by atoms with Crippen molar-refractivity contribution in [1.82, 2.24) is 10.3 Å². The third kappa shape index (κ3) is 5.31. The molecular formula is C15H17ClN2OS. The monoisotopic (exact) mass is 308 g/mol. The maximum Gasteiger partial charge on any atom is 0.220 e. The Hall–Kier alpha value is -1.39. The van der Waals surface area contributed by atoms with Crippen LogP contribution in [0.15, 0.2) is 35.2 Å². The number of carbonyl (C=O) groups is 1. The van der Waals surface area contributed by atoms with Crippen molar-refractivity contribution >= 4 is 28.8 Å². The van der Waals surface area contributed by atoms with Gasteiger partial charge in [0.05, 0.1) is 11.2 Å². The summed E-state index contributed by atoms with van der Waals surface area (Å²) in [5, 5.41) is 5.67. The summed E-state index contributed by atoms with van der Waals surface area (Å²) < 4.78 is 0. The molecule has 5 heteroatoms. The Morgan fingerprint density at radius 3 is 2.75 bits per heavy atom. The highest BCUT2D eigenvalue weighted by Crippen LogP contribution is 2.11. The number of nitrogens with zero attached hydrogens (tertiary/aromatic N) is 1. The Morgan fingerprint density at radius 1 is 1.25 bits per heavy atom. The highest BCUT2D eigenvalue weighted by Gasteiger charge is 2.02. The molecule has 1 N–H and O–H groups in total. The number of aromatic nitrogens is 1. The van der Waals surface area contributed by atoms with Gasteiger partial charge in [-0.15, -0.1) is 11.3 Å². The molecular weight excluding hydrogens is 292 g/mol. The Balaban J connectivity index is 1.59. The molecule has 0 aliphatic carbocycles. The third-order valence-corrected chi connectivity index (χ3v) is 3.86. The summed E-state index contributed by atoms with van der Waals surface area (Å²) in [6.07, 6.45) is 3.10. The Labute approximate surface area is 128 Å². The molecule has 1 amide bonds. The molecule has 0 saturated heterocycles. The van der Waals surface area contributed by atoms with E-state index in [4.69, 9.17) is 11.6 Å². The van der Waals surface area contributed by atoms with Crippen LogP contribution in [0.1, 0.15) is 24.1 Å². The van der Waals surface area contributed by atoms with Gasteiger partial charge in [-0.2, -0.15) is 0 Å². The normalized spacial score (nSPS) is 10.4. The van der Waals surface area contributed by atoms with E-state index in [9.17, 15) is 4.79 Å². The van der Waals surface area contributed by atoms with Gasteiger partial charge < -0.3 is 5.32 Å². The predicted molar refractivity (Wildman–Crippen MR) is 83.2 cm³/mol. The molecule has 0 aliphatic heterocycles. The lowest BCUT2D eigenvalue weighted by Crippen LogP contribution is -2.25. The van der Waals surface area contributed by atoms with Gasteiger partial charge in [-0.05, 0) is 30.5 Å². The van der Waals surface area contributed by atoms with Gasteiger partial charge >= 0.3 is 0 Å². The zero-order valence-corrected chi connectivity index (χ0v) is 12.7. The number of carbonyl (C=O) groups excluding carboxylic acids is 1. The van der Waals surface area contributed by atoms with E-state index in [1.54, 1.807) is 11.3 Å². The number of hydrogen-bond acceptors (Lipinski definition) is 3. The minimum Gasteiger partial charge on any atom is -0.356 e. The molecule has 20 heavy (non-hydrogen) atoms. The standard InChI is InChI=1S/C15H17ClN2OS/c16-13-6-4-12(5-7-13)2-1-3-15(19)17-9-8-14-10-20-11-18-14/h4-7,10-11H,1-3,8-9H2,(H,17,19). The smallest absolute Gasteiger partial charge is 0.220 e. The molecule has 0 spiro atoms. The second-order valence-electron chi connectivity index (χ2n) is 4.56. The largest absolute Gasteiger partial charge is 0.356 e. The van der Waals surface area contributed by atoms with E-state index < -0.39 is 0 Å². The van der Waals surface area contributed by atoms with E-state index in [0.717, 1.165) is 30.0 Å². The van der Waals surface area contributed by atoms with Crippen molar-refractivity contribution in [3.05, 3.63) is 51.4 Å². The molecule has 1 heterocycles. The van der Waals surface area contributed by atoms with Gasteiger partial charge in [0.15, 0.2) is 0 Å². The van der Waals surface area contributed by atoms with Crippen molar-refractivity contribution in [3.8, 4) is 0 Å². The van der Waals surface area contributed by atoms with Crippen molar-refractivity contribution in [2.75, 3.05) is 6.54 Å². The molecule has 106 valence electrons. The van der Waals surface area contributed by atoms with Gasteiger partial charge in [-0.25, -0.2) is 4.98 Å². The first-order valence-electron chi connectivity index (χ1n) is 6.62. The Kier molecular flexibility index (Phi) is 6.02. The van der Waals surface area contributed by atoms with Crippen molar-refractivity contribution in [3.63, 3.8) is 0 Å². The van der Waals surface area contributed by atoms with E-state index in [0.29, 0.717) is 13.0 Å². The lowest BCUT2D eigenvalue weighted by atomic mass is 10.1. The molecule has 0 atom stereocenters. The minimum absolute atomic E-state index is 0.106. The summed E-state index contributed by atoms with van der Waals surface area (Å²) in [4.78, 5) is 15.8. The average molecular weight is 309 g/mol. The lowest BCUT2D eigenvalue weighted by molar-refractivity contribution is -0.121. The SMILES string of the molecule is O=C(CCCc1ccc(Cl)cc1)NCCc1cscn1. The van der Waals surface area contributed by atoms with Crippen molar-refractivity contribution in [2.45, 2.75) is 25.7 Å². The number of amides is 1. The summed E-state index contributed by atoms with van der Waals surface area (Å²) in [5.41, 5.74) is 4.06. The third-order valence-electron chi connectivity index (χ3n) is 2.97. The van der Waals surface area contributed by atoms with Crippen LogP contribution in [0.2, 0.25) is 5.02 Å². The van der Waals surface area contributed by atoms with Crippen LogP contribution in [-0.4, -0.2) is 17.4 Å². The molecule has 0 unspecified atom stereocenters. The highest BCUT2D eigenvalue weighted by molar-refractivity contribution is 7.07. The maximum atomic E-state index is 11.7. The molecule has 2 aromatic rings. The van der Waals surface area contributed by atoms with Crippen LogP contribution in [0.3, 0.4) is 0 Å². The number of thiazole rings is 1. The van der Waals surface area contributed by atoms with Crippen LogP contribution in [0, 0.1) is 0 Å². The Bertz CT molecular complexity index is 525. The van der Waals surface area contributed by atoms with Crippen LogP contribution in [0.4, 0.5) is 0 Å². The summed E-state index contributed by atoms with van der Waals surface area (Å²) in [5.74, 6) is 0.106. The molecule has 0 radical (unpaired) electrons.